The molecule has 0 heterocycles. The van der Waals surface area contributed by atoms with E-state index in [1.807, 2.05) is 5.43 Å². The molecule has 0 aliphatic carbocycles. The number of primary amides is 1. The third-order valence-corrected chi connectivity index (χ3v) is 3.48. The molecule has 10 nitrogen and oxygen atoms in total. The predicted octanol–water partition coefficient (Wildman–Crippen LogP) is 1.10. The second-order valence-electron chi connectivity index (χ2n) is 5.17. The van der Waals surface area contributed by atoms with Crippen molar-refractivity contribution in [3.05, 3.63) is 39.9 Å². The highest BCUT2D eigenvalue weighted by molar-refractivity contribution is 6.06. The lowest BCUT2D eigenvalue weighted by Gasteiger charge is -2.23. The van der Waals surface area contributed by atoms with Crippen LogP contribution in [0.25, 0.3) is 0 Å². The van der Waals surface area contributed by atoms with Crippen molar-refractivity contribution in [3.63, 3.8) is 0 Å². The molecule has 0 fully saturated rings. The molecule has 0 bridgehead atoms. The van der Waals surface area contributed by atoms with Gasteiger partial charge in [0.15, 0.2) is 0 Å². The highest BCUT2D eigenvalue weighted by Crippen LogP contribution is 2.29. The van der Waals surface area contributed by atoms with Gasteiger partial charge in [0.05, 0.1) is 23.7 Å². The minimum atomic E-state index is -1.13. The fraction of sp³-hybridized carbons (Fsp3) is 0.333. The van der Waals surface area contributed by atoms with Crippen LogP contribution < -0.4 is 11.2 Å². The van der Waals surface area contributed by atoms with Crippen LogP contribution in [-0.4, -0.2) is 35.5 Å². The number of ketones is 1. The first-order valence-electron chi connectivity index (χ1n) is 7.11. The fourth-order valence-corrected chi connectivity index (χ4v) is 2.35. The van der Waals surface area contributed by atoms with E-state index in [9.17, 15) is 24.5 Å². The molecule has 0 radical (unpaired) electrons. The molecule has 3 N–H and O–H groups in total. The van der Waals surface area contributed by atoms with E-state index in [0.29, 0.717) is 5.56 Å². The molecular formula is C15H18N4O6. The van der Waals surface area contributed by atoms with Crippen LogP contribution in [0.2, 0.25) is 0 Å². The second kappa shape index (κ2) is 8.52. The average Bonchev–Trinajstić information content (AvgIpc) is 2.56. The van der Waals surface area contributed by atoms with Crippen LogP contribution in [-0.2, 0) is 14.3 Å². The summed E-state index contributed by atoms with van der Waals surface area (Å²) in [6, 6.07) is 4.29. The van der Waals surface area contributed by atoms with E-state index < -0.39 is 28.8 Å². The summed E-state index contributed by atoms with van der Waals surface area (Å²) in [7, 11) is 1.15. The first kappa shape index (κ1) is 19.7. The van der Waals surface area contributed by atoms with Crippen molar-refractivity contribution < 1.29 is 24.0 Å². The molecule has 1 rings (SSSR count). The van der Waals surface area contributed by atoms with Gasteiger partial charge in [0.25, 0.3) is 5.69 Å². The van der Waals surface area contributed by atoms with Crippen LogP contribution in [0.3, 0.4) is 0 Å². The average molecular weight is 350 g/mol. The molecule has 10 heteroatoms. The maximum atomic E-state index is 12.2. The van der Waals surface area contributed by atoms with Crippen molar-refractivity contribution in [3.8, 4) is 0 Å². The number of ether oxygens (including phenoxy) is 1. The largest absolute Gasteiger partial charge is 0.468 e. The second-order valence-corrected chi connectivity index (χ2v) is 5.17. The quantitative estimate of drug-likeness (QED) is 0.325. The fourth-order valence-electron chi connectivity index (χ4n) is 2.35. The normalized spacial score (nSPS) is 13.5. The van der Waals surface area contributed by atoms with Gasteiger partial charge in [-0.1, -0.05) is 12.1 Å². The summed E-state index contributed by atoms with van der Waals surface area (Å²) in [6.07, 6.45) is 0. The van der Waals surface area contributed by atoms with E-state index in [0.717, 1.165) is 7.11 Å². The Kier molecular flexibility index (Phi) is 6.73. The number of nitro groups is 1. The van der Waals surface area contributed by atoms with Crippen molar-refractivity contribution >= 4 is 29.2 Å². The molecule has 0 aromatic heterocycles. The summed E-state index contributed by atoms with van der Waals surface area (Å²) in [6.45, 7) is 2.70. The number of carbonyl (C=O) groups excluding carboxylic acids is 3. The van der Waals surface area contributed by atoms with Gasteiger partial charge in [-0.15, -0.1) is 0 Å². The number of nitrogens with two attached hydrogens (primary N) is 1. The standard InChI is InChI=1S/C15H18N4O6/c1-8(17-18-15(16)22)12(14(21)25-3)13(9(2)20)10-4-6-11(7-5-10)19(23)24/h4-7,12-13H,1-3H3,(H3,16,18,22)/b17-8+. The number of hydrazone groups is 1. The van der Waals surface area contributed by atoms with Gasteiger partial charge in [-0.3, -0.25) is 19.7 Å². The van der Waals surface area contributed by atoms with Crippen molar-refractivity contribution in [1.29, 1.82) is 0 Å². The Morgan fingerprint density at radius 2 is 1.80 bits per heavy atom. The van der Waals surface area contributed by atoms with Crippen LogP contribution >= 0.6 is 0 Å². The van der Waals surface area contributed by atoms with E-state index in [2.05, 4.69) is 5.10 Å². The number of hydrogen-bond acceptors (Lipinski definition) is 7. The number of nitrogens with zero attached hydrogens (tertiary/aromatic N) is 2. The Balaban J connectivity index is 3.35. The zero-order valence-corrected chi connectivity index (χ0v) is 13.9. The molecule has 2 amide bonds. The van der Waals surface area contributed by atoms with Gasteiger partial charge in [0.2, 0.25) is 0 Å². The summed E-state index contributed by atoms with van der Waals surface area (Å²) in [5, 5.41) is 14.5. The monoisotopic (exact) mass is 350 g/mol. The van der Waals surface area contributed by atoms with E-state index >= 15 is 0 Å². The summed E-state index contributed by atoms with van der Waals surface area (Å²) in [5.41, 5.74) is 7.26. The number of carbonyl (C=O) groups is 3. The minimum Gasteiger partial charge on any atom is -0.468 e. The number of nitrogens with one attached hydrogen (secondary N) is 1. The van der Waals surface area contributed by atoms with Crippen LogP contribution in [0.15, 0.2) is 29.4 Å². The topological polar surface area (TPSA) is 154 Å². The van der Waals surface area contributed by atoms with Crippen molar-refractivity contribution in [2.75, 3.05) is 7.11 Å². The number of Topliss-reactive ketones (excluding diaryl/α,β-unsaturated/α-hetero) is 1. The lowest BCUT2D eigenvalue weighted by Crippen LogP contribution is -2.35. The highest BCUT2D eigenvalue weighted by Gasteiger charge is 2.36. The summed E-state index contributed by atoms with van der Waals surface area (Å²) >= 11 is 0. The molecule has 2 unspecified atom stereocenters. The lowest BCUT2D eigenvalue weighted by atomic mass is 9.80. The highest BCUT2D eigenvalue weighted by atomic mass is 16.6. The molecular weight excluding hydrogens is 332 g/mol. The maximum Gasteiger partial charge on any atom is 0.332 e. The molecule has 134 valence electrons. The van der Waals surface area contributed by atoms with Gasteiger partial charge in [-0.2, -0.15) is 5.10 Å². The molecule has 0 aliphatic rings. The van der Waals surface area contributed by atoms with Crippen LogP contribution in [0, 0.1) is 16.0 Å². The first-order chi connectivity index (χ1) is 11.7. The third kappa shape index (κ3) is 5.09. The van der Waals surface area contributed by atoms with E-state index in [4.69, 9.17) is 10.5 Å². The molecule has 0 saturated carbocycles. The van der Waals surface area contributed by atoms with Gasteiger partial charge in [0, 0.05) is 12.1 Å². The first-order valence-corrected chi connectivity index (χ1v) is 7.11. The number of methoxy groups -OCH3 is 1. The van der Waals surface area contributed by atoms with Gasteiger partial charge < -0.3 is 10.5 Å². The lowest BCUT2D eigenvalue weighted by molar-refractivity contribution is -0.384. The molecule has 1 aromatic carbocycles. The van der Waals surface area contributed by atoms with Crippen molar-refractivity contribution in [2.24, 2.45) is 16.8 Å². The van der Waals surface area contributed by atoms with Crippen LogP contribution in [0.4, 0.5) is 10.5 Å². The minimum absolute atomic E-state index is 0.101. The van der Waals surface area contributed by atoms with E-state index in [-0.39, 0.29) is 17.2 Å². The van der Waals surface area contributed by atoms with Gasteiger partial charge in [-0.25, -0.2) is 10.2 Å². The maximum absolute atomic E-state index is 12.2. The zero-order valence-electron chi connectivity index (χ0n) is 13.9. The number of esters is 1. The smallest absolute Gasteiger partial charge is 0.332 e. The number of rotatable bonds is 7. The number of benzene rings is 1. The molecule has 0 saturated heterocycles. The van der Waals surface area contributed by atoms with Crippen LogP contribution in [0.1, 0.15) is 25.3 Å². The van der Waals surface area contributed by atoms with Crippen molar-refractivity contribution in [1.82, 2.24) is 5.43 Å². The van der Waals surface area contributed by atoms with Gasteiger partial charge in [0.1, 0.15) is 11.7 Å². The molecule has 1 aromatic rings. The summed E-state index contributed by atoms with van der Waals surface area (Å²) in [4.78, 5) is 45.3. The Hall–Kier alpha value is -3.30. The Labute approximate surface area is 143 Å². The summed E-state index contributed by atoms with van der Waals surface area (Å²) < 4.78 is 4.73. The van der Waals surface area contributed by atoms with E-state index in [1.165, 1.54) is 38.1 Å². The number of urea groups is 1. The van der Waals surface area contributed by atoms with E-state index in [1.54, 1.807) is 0 Å². The number of non-ortho nitro benzene ring substituents is 1. The SMILES string of the molecule is COC(=O)C(/C(C)=N/NC(N)=O)C(C(C)=O)c1ccc([N+](=O)[O-])cc1. The molecule has 25 heavy (non-hydrogen) atoms. The number of nitro benzene ring substituents is 1. The Morgan fingerprint density at radius 3 is 2.20 bits per heavy atom. The van der Waals surface area contributed by atoms with Gasteiger partial charge >= 0.3 is 12.0 Å². The van der Waals surface area contributed by atoms with Crippen LogP contribution in [0.5, 0.6) is 0 Å². The molecule has 0 aliphatic heterocycles. The number of hydrogen-bond donors (Lipinski definition) is 2. The zero-order chi connectivity index (χ0) is 19.1. The molecule has 2 atom stereocenters. The van der Waals surface area contributed by atoms with Crippen molar-refractivity contribution in [2.45, 2.75) is 19.8 Å². The molecule has 0 spiro atoms. The summed E-state index contributed by atoms with van der Waals surface area (Å²) in [5.74, 6) is -3.24. The third-order valence-electron chi connectivity index (χ3n) is 3.48. The number of amides is 2. The predicted molar refractivity (Wildman–Crippen MR) is 87.9 cm³/mol. The van der Waals surface area contributed by atoms with Gasteiger partial charge in [-0.05, 0) is 19.4 Å². The Bertz CT molecular complexity index is 713. The Morgan fingerprint density at radius 1 is 1.24 bits per heavy atom.